The average molecular weight is 153 g/mol. The first kappa shape index (κ1) is 10.9. The van der Waals surface area contributed by atoms with Crippen LogP contribution in [0.3, 0.4) is 0 Å². The summed E-state index contributed by atoms with van der Waals surface area (Å²) in [5.74, 6) is 0. The topological polar surface area (TPSA) is 38.7 Å². The van der Waals surface area contributed by atoms with Crippen molar-refractivity contribution < 1.29 is 14.3 Å². The van der Waals surface area contributed by atoms with E-state index in [0.29, 0.717) is 13.2 Å². The molecule has 1 fully saturated rings. The van der Waals surface area contributed by atoms with E-state index in [-0.39, 0.29) is 35.0 Å². The molecule has 0 aromatic carbocycles. The van der Waals surface area contributed by atoms with Crippen molar-refractivity contribution in [1.29, 1.82) is 0 Å². The fourth-order valence-electron chi connectivity index (χ4n) is 0.684. The average Bonchev–Trinajstić information content (AvgIpc) is 1.78. The van der Waals surface area contributed by atoms with Crippen LogP contribution in [-0.4, -0.2) is 55.1 Å². The van der Waals surface area contributed by atoms with Crippen LogP contribution >= 0.6 is 0 Å². The first-order chi connectivity index (χ1) is 4.10. The van der Waals surface area contributed by atoms with Crippen LogP contribution in [0.5, 0.6) is 0 Å². The van der Waals surface area contributed by atoms with E-state index in [1.54, 1.807) is 0 Å². The summed E-state index contributed by atoms with van der Waals surface area (Å²) < 4.78 is 9.65. The van der Waals surface area contributed by atoms with Crippen molar-refractivity contribution >= 4 is 36.9 Å². The van der Waals surface area contributed by atoms with E-state index in [1.165, 1.54) is 0 Å². The molecule has 53 valence electrons. The van der Waals surface area contributed by atoms with Crippen molar-refractivity contribution in [3.63, 3.8) is 0 Å². The van der Waals surface area contributed by atoms with E-state index >= 15 is 0 Å². The molecule has 0 amide bonds. The fraction of sp³-hybridized carbons (Fsp3) is 1.00. The maximum atomic E-state index is 8.70. The predicted octanol–water partition coefficient (Wildman–Crippen LogP) is -0.344. The zero-order valence-electron chi connectivity index (χ0n) is 6.76. The first-order valence-corrected chi connectivity index (χ1v) is 3.01. The Morgan fingerprint density at radius 2 is 1.70 bits per heavy atom. The summed E-state index contributed by atoms with van der Waals surface area (Å²) in [5.41, 5.74) is 0.0548. The van der Waals surface area contributed by atoms with Gasteiger partial charge < -0.3 is 14.3 Å². The van der Waals surface area contributed by atoms with Gasteiger partial charge in [-0.25, -0.2) is 0 Å². The molecule has 3 nitrogen and oxygen atoms in total. The van der Waals surface area contributed by atoms with Crippen LogP contribution in [0, 0.1) is 5.41 Å². The van der Waals surface area contributed by atoms with Crippen LogP contribution < -0.4 is 0 Å². The molecule has 1 saturated heterocycles. The molecular formula is C5H11BNaO3. The minimum atomic E-state index is -1.00. The summed E-state index contributed by atoms with van der Waals surface area (Å²) in [6.07, 6.45) is 0. The molecule has 1 rings (SSSR count). The normalized spacial score (nSPS) is 23.7. The van der Waals surface area contributed by atoms with Gasteiger partial charge in [0.25, 0.3) is 0 Å². The third kappa shape index (κ3) is 3.37. The van der Waals surface area contributed by atoms with Gasteiger partial charge in [-0.1, -0.05) is 13.8 Å². The quantitative estimate of drug-likeness (QED) is 0.483. The Balaban J connectivity index is 0.000000810. The van der Waals surface area contributed by atoms with Crippen molar-refractivity contribution in [2.75, 3.05) is 13.2 Å². The summed E-state index contributed by atoms with van der Waals surface area (Å²) in [4.78, 5) is 0. The molecule has 10 heavy (non-hydrogen) atoms. The minimum absolute atomic E-state index is 0. The molecule has 0 bridgehead atoms. The van der Waals surface area contributed by atoms with Crippen LogP contribution in [0.4, 0.5) is 0 Å². The van der Waals surface area contributed by atoms with Crippen molar-refractivity contribution in [3.05, 3.63) is 0 Å². The molecule has 1 aliphatic rings. The van der Waals surface area contributed by atoms with Gasteiger partial charge in [-0.05, 0) is 0 Å². The van der Waals surface area contributed by atoms with E-state index < -0.39 is 7.32 Å². The predicted molar refractivity (Wildman–Crippen MR) is 39.4 cm³/mol. The Labute approximate surface area is 83.6 Å². The van der Waals surface area contributed by atoms with Gasteiger partial charge in [-0.2, -0.15) is 0 Å². The smallest absolute Gasteiger partial charge is 0.402 e. The molecule has 0 aliphatic carbocycles. The van der Waals surface area contributed by atoms with Gasteiger partial charge in [0.2, 0.25) is 0 Å². The second-order valence-electron chi connectivity index (χ2n) is 3.09. The van der Waals surface area contributed by atoms with Crippen LogP contribution in [-0.2, 0) is 9.31 Å². The number of rotatable bonds is 0. The van der Waals surface area contributed by atoms with E-state index in [2.05, 4.69) is 0 Å². The molecule has 0 aromatic rings. The number of hydrogen-bond acceptors (Lipinski definition) is 3. The molecule has 0 saturated carbocycles. The fourth-order valence-corrected chi connectivity index (χ4v) is 0.684. The van der Waals surface area contributed by atoms with Crippen LogP contribution in [0.15, 0.2) is 0 Å². The zero-order valence-corrected chi connectivity index (χ0v) is 8.76. The van der Waals surface area contributed by atoms with Gasteiger partial charge >= 0.3 is 7.32 Å². The summed E-state index contributed by atoms with van der Waals surface area (Å²) in [5, 5.41) is 8.70. The Hall–Kier alpha value is 0.945. The third-order valence-electron chi connectivity index (χ3n) is 1.23. The Morgan fingerprint density at radius 1 is 1.30 bits per heavy atom. The van der Waals surface area contributed by atoms with E-state index in [4.69, 9.17) is 14.3 Å². The van der Waals surface area contributed by atoms with Crippen molar-refractivity contribution in [2.45, 2.75) is 13.8 Å². The SMILES string of the molecule is CC1(C)COB(O)OC1.[Na]. The van der Waals surface area contributed by atoms with Crippen molar-refractivity contribution in [3.8, 4) is 0 Å². The standard InChI is InChI=1S/C5H11BO3.Na/c1-5(2)3-8-6(7)9-4-5;/h7H,3-4H2,1-2H3;. The Bertz CT molecular complexity index is 99.1. The molecule has 1 heterocycles. The number of hydrogen-bond donors (Lipinski definition) is 1. The van der Waals surface area contributed by atoms with Crippen molar-refractivity contribution in [2.24, 2.45) is 5.41 Å². The summed E-state index contributed by atoms with van der Waals surface area (Å²) >= 11 is 0. The molecule has 1 aliphatic heterocycles. The first-order valence-electron chi connectivity index (χ1n) is 3.01. The molecule has 0 aromatic heterocycles. The molecule has 0 atom stereocenters. The van der Waals surface area contributed by atoms with Gasteiger partial charge in [0, 0.05) is 48.2 Å². The molecule has 5 heteroatoms. The second-order valence-corrected chi connectivity index (χ2v) is 3.09. The molecule has 0 spiro atoms. The summed E-state index contributed by atoms with van der Waals surface area (Å²) in [6, 6.07) is 0. The van der Waals surface area contributed by atoms with Crippen LogP contribution in [0.1, 0.15) is 13.8 Å². The summed E-state index contributed by atoms with van der Waals surface area (Å²) in [6.45, 7) is 5.18. The van der Waals surface area contributed by atoms with Gasteiger partial charge in [-0.15, -0.1) is 0 Å². The van der Waals surface area contributed by atoms with Gasteiger partial charge in [-0.3, -0.25) is 0 Å². The molecular weight excluding hydrogens is 142 g/mol. The molecule has 1 N–H and O–H groups in total. The van der Waals surface area contributed by atoms with Gasteiger partial charge in [0.05, 0.1) is 0 Å². The Kier molecular flexibility index (Phi) is 4.48. The maximum Gasteiger partial charge on any atom is 0.636 e. The largest absolute Gasteiger partial charge is 0.636 e. The van der Waals surface area contributed by atoms with Crippen LogP contribution in [0.2, 0.25) is 0 Å². The van der Waals surface area contributed by atoms with Crippen LogP contribution in [0.25, 0.3) is 0 Å². The van der Waals surface area contributed by atoms with Crippen molar-refractivity contribution in [1.82, 2.24) is 0 Å². The third-order valence-corrected chi connectivity index (χ3v) is 1.23. The van der Waals surface area contributed by atoms with E-state index in [0.717, 1.165) is 0 Å². The van der Waals surface area contributed by atoms with E-state index in [9.17, 15) is 0 Å². The molecule has 1 radical (unpaired) electrons. The van der Waals surface area contributed by atoms with Gasteiger partial charge in [0.1, 0.15) is 0 Å². The summed E-state index contributed by atoms with van der Waals surface area (Å²) in [7, 11) is -1.00. The zero-order chi connectivity index (χ0) is 6.91. The Morgan fingerprint density at radius 3 is 2.00 bits per heavy atom. The second kappa shape index (κ2) is 4.09. The minimum Gasteiger partial charge on any atom is -0.402 e. The molecule has 0 unspecified atom stereocenters. The van der Waals surface area contributed by atoms with E-state index in [1.807, 2.05) is 13.8 Å². The maximum absolute atomic E-state index is 8.70. The van der Waals surface area contributed by atoms with Gasteiger partial charge in [0.15, 0.2) is 0 Å². The monoisotopic (exact) mass is 153 g/mol.